The van der Waals surface area contributed by atoms with Crippen LogP contribution in [0, 0.1) is 6.92 Å². The van der Waals surface area contributed by atoms with Gasteiger partial charge in [-0.15, -0.1) is 0 Å². The van der Waals surface area contributed by atoms with Gasteiger partial charge in [-0.2, -0.15) is 8.42 Å². The lowest BCUT2D eigenvalue weighted by molar-refractivity contribution is 0.109. The Kier molecular flexibility index (Phi) is 3.33. The van der Waals surface area contributed by atoms with Crippen LogP contribution in [0.4, 0.5) is 5.69 Å². The molecule has 0 radical (unpaired) electrons. The molecule has 3 rings (SSSR count). The predicted octanol–water partition coefficient (Wildman–Crippen LogP) is 2.54. The number of anilines is 1. The SMILES string of the molecule is Cc1ccc2c(c1)CCCN2S(=O)(=O)c1ccc(C=O)o1. The number of carbonyl (C=O) groups is 1. The van der Waals surface area contributed by atoms with E-state index in [-0.39, 0.29) is 10.9 Å². The molecule has 0 aliphatic carbocycles. The van der Waals surface area contributed by atoms with E-state index in [0.717, 1.165) is 24.0 Å². The van der Waals surface area contributed by atoms with E-state index < -0.39 is 10.0 Å². The second-order valence-corrected chi connectivity index (χ2v) is 6.88. The lowest BCUT2D eigenvalue weighted by atomic mass is 10.0. The molecule has 1 aliphatic heterocycles. The molecule has 1 aromatic heterocycles. The van der Waals surface area contributed by atoms with Crippen LogP contribution in [0.2, 0.25) is 0 Å². The standard InChI is InChI=1S/C15H15NO4S/c1-11-4-6-14-12(9-11)3-2-8-16(14)21(18,19)15-7-5-13(10-17)20-15/h4-7,9-10H,2-3,8H2,1H3. The molecule has 0 saturated heterocycles. The molecule has 1 aliphatic rings. The van der Waals surface area contributed by atoms with Crippen molar-refractivity contribution in [3.63, 3.8) is 0 Å². The van der Waals surface area contributed by atoms with Gasteiger partial charge >= 0.3 is 0 Å². The second kappa shape index (κ2) is 5.04. The van der Waals surface area contributed by atoms with Crippen molar-refractivity contribution in [3.05, 3.63) is 47.2 Å². The number of fused-ring (bicyclic) bond motifs is 1. The van der Waals surface area contributed by atoms with Gasteiger partial charge in [0, 0.05) is 6.54 Å². The van der Waals surface area contributed by atoms with E-state index in [2.05, 4.69) is 0 Å². The first-order valence-electron chi connectivity index (χ1n) is 6.69. The fraction of sp³-hybridized carbons (Fsp3) is 0.267. The molecule has 5 nitrogen and oxygen atoms in total. The summed E-state index contributed by atoms with van der Waals surface area (Å²) < 4.78 is 31.8. The summed E-state index contributed by atoms with van der Waals surface area (Å²) in [5, 5.41) is -0.196. The van der Waals surface area contributed by atoms with E-state index in [4.69, 9.17) is 4.42 Å². The number of nitrogens with zero attached hydrogens (tertiary/aromatic N) is 1. The zero-order valence-corrected chi connectivity index (χ0v) is 12.4. The first kappa shape index (κ1) is 13.9. The molecule has 21 heavy (non-hydrogen) atoms. The third-order valence-corrected chi connectivity index (χ3v) is 5.26. The summed E-state index contributed by atoms with van der Waals surface area (Å²) in [5.74, 6) is 0.00899. The van der Waals surface area contributed by atoms with Crippen LogP contribution in [0.1, 0.15) is 28.1 Å². The van der Waals surface area contributed by atoms with Crippen molar-refractivity contribution in [2.75, 3.05) is 10.8 Å². The molecule has 2 aromatic rings. The molecule has 0 saturated carbocycles. The number of hydrogen-bond acceptors (Lipinski definition) is 4. The van der Waals surface area contributed by atoms with Crippen LogP contribution in [0.3, 0.4) is 0 Å². The van der Waals surface area contributed by atoms with Gasteiger partial charge in [0.1, 0.15) is 0 Å². The molecule has 2 heterocycles. The zero-order chi connectivity index (χ0) is 15.0. The normalized spacial score (nSPS) is 14.8. The molecular weight excluding hydrogens is 290 g/mol. The quantitative estimate of drug-likeness (QED) is 0.817. The van der Waals surface area contributed by atoms with Gasteiger partial charge in [-0.1, -0.05) is 17.7 Å². The minimum atomic E-state index is -3.77. The van der Waals surface area contributed by atoms with Gasteiger partial charge in [-0.05, 0) is 43.5 Å². The van der Waals surface area contributed by atoms with E-state index in [1.165, 1.54) is 16.4 Å². The van der Waals surface area contributed by atoms with Crippen LogP contribution >= 0.6 is 0 Å². The molecular formula is C15H15NO4S. The maximum absolute atomic E-state index is 12.7. The minimum Gasteiger partial charge on any atom is -0.440 e. The summed E-state index contributed by atoms with van der Waals surface area (Å²) in [6.45, 7) is 2.39. The highest BCUT2D eigenvalue weighted by atomic mass is 32.2. The Hall–Kier alpha value is -2.08. The zero-order valence-electron chi connectivity index (χ0n) is 11.6. The van der Waals surface area contributed by atoms with Crippen molar-refractivity contribution < 1.29 is 17.6 Å². The van der Waals surface area contributed by atoms with E-state index in [9.17, 15) is 13.2 Å². The van der Waals surface area contributed by atoms with Crippen molar-refractivity contribution in [2.45, 2.75) is 24.9 Å². The summed E-state index contributed by atoms with van der Waals surface area (Å²) in [6.07, 6.45) is 2.12. The first-order valence-corrected chi connectivity index (χ1v) is 8.13. The molecule has 0 N–H and O–H groups in total. The highest BCUT2D eigenvalue weighted by molar-refractivity contribution is 7.92. The minimum absolute atomic E-state index is 0.00899. The molecule has 6 heteroatoms. The topological polar surface area (TPSA) is 67.6 Å². The number of aldehydes is 1. The lowest BCUT2D eigenvalue weighted by Crippen LogP contribution is -2.35. The van der Waals surface area contributed by atoms with E-state index in [0.29, 0.717) is 18.5 Å². The van der Waals surface area contributed by atoms with Crippen molar-refractivity contribution in [1.29, 1.82) is 0 Å². The second-order valence-electron chi connectivity index (χ2n) is 5.09. The number of aryl methyl sites for hydroxylation is 2. The molecule has 1 aromatic carbocycles. The number of benzene rings is 1. The average molecular weight is 305 g/mol. The fourth-order valence-electron chi connectivity index (χ4n) is 2.59. The Morgan fingerprint density at radius 1 is 1.24 bits per heavy atom. The lowest BCUT2D eigenvalue weighted by Gasteiger charge is -2.29. The number of hydrogen-bond donors (Lipinski definition) is 0. The number of carbonyl (C=O) groups excluding carboxylic acids is 1. The number of rotatable bonds is 3. The van der Waals surface area contributed by atoms with Crippen molar-refractivity contribution in [1.82, 2.24) is 0 Å². The van der Waals surface area contributed by atoms with Crippen LogP contribution < -0.4 is 4.31 Å². The van der Waals surface area contributed by atoms with Gasteiger partial charge in [0.05, 0.1) is 5.69 Å². The third-order valence-electron chi connectivity index (χ3n) is 3.57. The molecule has 0 bridgehead atoms. The summed E-state index contributed by atoms with van der Waals surface area (Å²) in [6, 6.07) is 8.41. The molecule has 0 fully saturated rings. The van der Waals surface area contributed by atoms with Crippen molar-refractivity contribution in [2.24, 2.45) is 0 Å². The van der Waals surface area contributed by atoms with Gasteiger partial charge in [-0.25, -0.2) is 0 Å². The predicted molar refractivity (Wildman–Crippen MR) is 78.1 cm³/mol. The Morgan fingerprint density at radius 3 is 2.76 bits per heavy atom. The number of furan rings is 1. The molecule has 0 amide bonds. The Balaban J connectivity index is 2.07. The highest BCUT2D eigenvalue weighted by Crippen LogP contribution is 2.32. The Morgan fingerprint density at radius 2 is 2.05 bits per heavy atom. The summed E-state index contributed by atoms with van der Waals surface area (Å²) in [5.41, 5.74) is 2.82. The van der Waals surface area contributed by atoms with Crippen LogP contribution in [-0.2, 0) is 16.4 Å². The van der Waals surface area contributed by atoms with Crippen LogP contribution in [0.15, 0.2) is 39.8 Å². The monoisotopic (exact) mass is 305 g/mol. The van der Waals surface area contributed by atoms with Gasteiger partial charge in [0.25, 0.3) is 10.0 Å². The maximum Gasteiger partial charge on any atom is 0.297 e. The molecule has 0 spiro atoms. The summed E-state index contributed by atoms with van der Waals surface area (Å²) in [4.78, 5) is 10.7. The molecule has 0 unspecified atom stereocenters. The van der Waals surface area contributed by atoms with Gasteiger partial charge in [-0.3, -0.25) is 9.10 Å². The van der Waals surface area contributed by atoms with Crippen LogP contribution in [0.25, 0.3) is 0 Å². The van der Waals surface area contributed by atoms with Crippen LogP contribution in [-0.4, -0.2) is 21.2 Å². The van der Waals surface area contributed by atoms with E-state index in [1.807, 2.05) is 25.1 Å². The number of sulfonamides is 1. The molecule has 110 valence electrons. The Labute approximate surface area is 123 Å². The smallest absolute Gasteiger partial charge is 0.297 e. The summed E-state index contributed by atoms with van der Waals surface area (Å²) >= 11 is 0. The van der Waals surface area contributed by atoms with Gasteiger partial charge < -0.3 is 4.42 Å². The third kappa shape index (κ3) is 2.35. The maximum atomic E-state index is 12.7. The van der Waals surface area contributed by atoms with Crippen molar-refractivity contribution in [3.8, 4) is 0 Å². The Bertz CT molecular complexity index is 792. The highest BCUT2D eigenvalue weighted by Gasteiger charge is 2.31. The van der Waals surface area contributed by atoms with E-state index in [1.54, 1.807) is 0 Å². The van der Waals surface area contributed by atoms with Gasteiger partial charge in [0.15, 0.2) is 12.0 Å². The average Bonchev–Trinajstić information content (AvgIpc) is 2.96. The van der Waals surface area contributed by atoms with Crippen molar-refractivity contribution >= 4 is 22.0 Å². The first-order chi connectivity index (χ1) is 10.0. The van der Waals surface area contributed by atoms with E-state index >= 15 is 0 Å². The fourth-order valence-corrected chi connectivity index (χ4v) is 4.05. The summed E-state index contributed by atoms with van der Waals surface area (Å²) in [7, 11) is -3.77. The molecule has 0 atom stereocenters. The largest absolute Gasteiger partial charge is 0.440 e. The van der Waals surface area contributed by atoms with Gasteiger partial charge in [0.2, 0.25) is 5.09 Å². The van der Waals surface area contributed by atoms with Crippen LogP contribution in [0.5, 0.6) is 0 Å².